The van der Waals surface area contributed by atoms with Crippen molar-refractivity contribution in [2.75, 3.05) is 0 Å². The first-order valence-corrected chi connectivity index (χ1v) is 6.45. The number of rotatable bonds is 3. The van der Waals surface area contributed by atoms with Gasteiger partial charge in [0.2, 0.25) is 0 Å². The number of benzene rings is 1. The molecule has 2 heterocycles. The Bertz CT molecular complexity index is 804. The van der Waals surface area contributed by atoms with Gasteiger partial charge >= 0.3 is 0 Å². The third-order valence-corrected chi connectivity index (χ3v) is 3.12. The van der Waals surface area contributed by atoms with Crippen LogP contribution in [0.2, 0.25) is 0 Å². The molecule has 5 heteroatoms. The van der Waals surface area contributed by atoms with E-state index in [2.05, 4.69) is 15.3 Å². The minimum Gasteiger partial charge on any atom is -0.348 e. The normalized spacial score (nSPS) is 10.5. The Hall–Kier alpha value is -2.82. The lowest BCUT2D eigenvalue weighted by atomic mass is 10.1. The van der Waals surface area contributed by atoms with Crippen LogP contribution < -0.4 is 5.32 Å². The second-order valence-corrected chi connectivity index (χ2v) is 4.57. The molecule has 0 bridgehead atoms. The predicted molar refractivity (Wildman–Crippen MR) is 77.1 cm³/mol. The molecule has 0 aliphatic heterocycles. The number of carbonyl (C=O) groups is 1. The van der Waals surface area contributed by atoms with E-state index in [-0.39, 0.29) is 5.56 Å². The maximum atomic E-state index is 13.4. The predicted octanol–water partition coefficient (Wildman–Crippen LogP) is 2.70. The standard InChI is InChI=1S/C16H12FN3O/c17-14-10-18-6-5-13(14)16(21)20-9-11-7-12-3-1-2-4-15(12)19-8-11/h1-8,10H,9H2,(H,20,21). The molecule has 4 nitrogen and oxygen atoms in total. The number of para-hydroxylation sites is 1. The SMILES string of the molecule is O=C(NCc1cnc2ccccc2c1)c1ccncc1F. The minimum atomic E-state index is -0.633. The average molecular weight is 281 g/mol. The van der Waals surface area contributed by atoms with Gasteiger partial charge in [0.15, 0.2) is 5.82 Å². The summed E-state index contributed by atoms with van der Waals surface area (Å²) in [5.41, 5.74) is 1.74. The lowest BCUT2D eigenvalue weighted by molar-refractivity contribution is 0.0946. The van der Waals surface area contributed by atoms with Crippen LogP contribution in [-0.2, 0) is 6.54 Å². The van der Waals surface area contributed by atoms with Gasteiger partial charge in [0.1, 0.15) is 0 Å². The number of hydrogen-bond donors (Lipinski definition) is 1. The monoisotopic (exact) mass is 281 g/mol. The number of amides is 1. The fraction of sp³-hybridized carbons (Fsp3) is 0.0625. The zero-order valence-electron chi connectivity index (χ0n) is 11.1. The van der Waals surface area contributed by atoms with Gasteiger partial charge in [0.05, 0.1) is 17.3 Å². The number of carbonyl (C=O) groups excluding carboxylic acids is 1. The van der Waals surface area contributed by atoms with E-state index >= 15 is 0 Å². The van der Waals surface area contributed by atoms with Crippen LogP contribution in [0, 0.1) is 5.82 Å². The Balaban J connectivity index is 1.74. The van der Waals surface area contributed by atoms with Gasteiger partial charge in [-0.05, 0) is 23.8 Å². The lowest BCUT2D eigenvalue weighted by Gasteiger charge is -2.06. The highest BCUT2D eigenvalue weighted by Gasteiger charge is 2.10. The molecule has 104 valence electrons. The third kappa shape index (κ3) is 2.86. The molecule has 0 fully saturated rings. The minimum absolute atomic E-state index is 0.0150. The molecule has 1 N–H and O–H groups in total. The summed E-state index contributed by atoms with van der Waals surface area (Å²) in [6.45, 7) is 0.290. The van der Waals surface area contributed by atoms with Gasteiger partial charge in [0, 0.05) is 24.3 Å². The van der Waals surface area contributed by atoms with Crippen molar-refractivity contribution in [2.45, 2.75) is 6.54 Å². The highest BCUT2D eigenvalue weighted by atomic mass is 19.1. The van der Waals surface area contributed by atoms with Crippen molar-refractivity contribution in [1.29, 1.82) is 0 Å². The van der Waals surface area contributed by atoms with Crippen LogP contribution in [0.4, 0.5) is 4.39 Å². The van der Waals surface area contributed by atoms with Gasteiger partial charge in [-0.1, -0.05) is 18.2 Å². The number of hydrogen-bond acceptors (Lipinski definition) is 3. The molecule has 0 atom stereocenters. The molecular weight excluding hydrogens is 269 g/mol. The summed E-state index contributed by atoms with van der Waals surface area (Å²) >= 11 is 0. The Morgan fingerprint density at radius 1 is 1.19 bits per heavy atom. The van der Waals surface area contributed by atoms with Gasteiger partial charge in [-0.15, -0.1) is 0 Å². The van der Waals surface area contributed by atoms with E-state index in [1.54, 1.807) is 6.20 Å². The van der Waals surface area contributed by atoms with E-state index in [0.717, 1.165) is 22.7 Å². The van der Waals surface area contributed by atoms with Crippen LogP contribution in [0.5, 0.6) is 0 Å². The van der Waals surface area contributed by atoms with Crippen LogP contribution in [0.3, 0.4) is 0 Å². The molecule has 0 spiro atoms. The maximum absolute atomic E-state index is 13.4. The van der Waals surface area contributed by atoms with Crippen molar-refractivity contribution in [1.82, 2.24) is 15.3 Å². The smallest absolute Gasteiger partial charge is 0.254 e. The van der Waals surface area contributed by atoms with Gasteiger partial charge in [0.25, 0.3) is 5.91 Å². The Morgan fingerprint density at radius 3 is 2.90 bits per heavy atom. The van der Waals surface area contributed by atoms with Crippen molar-refractivity contribution in [2.24, 2.45) is 0 Å². The molecule has 1 aromatic carbocycles. The van der Waals surface area contributed by atoms with E-state index < -0.39 is 11.7 Å². The molecule has 3 rings (SSSR count). The van der Waals surface area contributed by atoms with Crippen LogP contribution in [-0.4, -0.2) is 15.9 Å². The molecule has 0 saturated heterocycles. The molecule has 21 heavy (non-hydrogen) atoms. The number of pyridine rings is 2. The first kappa shape index (κ1) is 13.2. The Labute approximate surface area is 120 Å². The first-order chi connectivity index (χ1) is 10.2. The zero-order valence-corrected chi connectivity index (χ0v) is 11.1. The van der Waals surface area contributed by atoms with Crippen molar-refractivity contribution < 1.29 is 9.18 Å². The summed E-state index contributed by atoms with van der Waals surface area (Å²) < 4.78 is 13.4. The summed E-state index contributed by atoms with van der Waals surface area (Å²) in [7, 11) is 0. The van der Waals surface area contributed by atoms with E-state index in [1.165, 1.54) is 12.3 Å². The van der Waals surface area contributed by atoms with Crippen LogP contribution >= 0.6 is 0 Å². The largest absolute Gasteiger partial charge is 0.348 e. The zero-order chi connectivity index (χ0) is 14.7. The van der Waals surface area contributed by atoms with Gasteiger partial charge in [-0.25, -0.2) is 4.39 Å². The average Bonchev–Trinajstić information content (AvgIpc) is 2.53. The second-order valence-electron chi connectivity index (χ2n) is 4.57. The Kier molecular flexibility index (Phi) is 3.55. The maximum Gasteiger partial charge on any atom is 0.254 e. The van der Waals surface area contributed by atoms with E-state index in [4.69, 9.17) is 0 Å². The highest BCUT2D eigenvalue weighted by molar-refractivity contribution is 5.94. The van der Waals surface area contributed by atoms with Crippen molar-refractivity contribution in [3.05, 3.63) is 71.9 Å². The number of aromatic nitrogens is 2. The van der Waals surface area contributed by atoms with Gasteiger partial charge in [-0.3, -0.25) is 14.8 Å². The number of fused-ring (bicyclic) bond motifs is 1. The molecule has 0 aliphatic rings. The molecule has 0 radical (unpaired) electrons. The van der Waals surface area contributed by atoms with Crippen LogP contribution in [0.15, 0.2) is 55.0 Å². The molecule has 0 aliphatic carbocycles. The summed E-state index contributed by atoms with van der Waals surface area (Å²) in [5.74, 6) is -1.10. The molecule has 1 amide bonds. The topological polar surface area (TPSA) is 54.9 Å². The van der Waals surface area contributed by atoms with Crippen LogP contribution in [0.1, 0.15) is 15.9 Å². The Morgan fingerprint density at radius 2 is 2.05 bits per heavy atom. The summed E-state index contributed by atoms with van der Waals surface area (Å²) in [6, 6.07) is 11.0. The van der Waals surface area contributed by atoms with Gasteiger partial charge in [-0.2, -0.15) is 0 Å². The molecule has 2 aromatic heterocycles. The second kappa shape index (κ2) is 5.66. The fourth-order valence-electron chi connectivity index (χ4n) is 2.05. The molecular formula is C16H12FN3O. The summed E-state index contributed by atoms with van der Waals surface area (Å²) in [5, 5.41) is 3.67. The van der Waals surface area contributed by atoms with Gasteiger partial charge < -0.3 is 5.32 Å². The highest BCUT2D eigenvalue weighted by Crippen LogP contribution is 2.12. The van der Waals surface area contributed by atoms with E-state index in [1.807, 2.05) is 30.3 Å². The number of nitrogens with zero attached hydrogens (tertiary/aromatic N) is 2. The summed E-state index contributed by atoms with van der Waals surface area (Å²) in [6.07, 6.45) is 4.10. The number of halogens is 1. The summed E-state index contributed by atoms with van der Waals surface area (Å²) in [4.78, 5) is 19.8. The first-order valence-electron chi connectivity index (χ1n) is 6.45. The quantitative estimate of drug-likeness (QED) is 0.803. The molecule has 0 unspecified atom stereocenters. The lowest BCUT2D eigenvalue weighted by Crippen LogP contribution is -2.24. The van der Waals surface area contributed by atoms with E-state index in [9.17, 15) is 9.18 Å². The fourth-order valence-corrected chi connectivity index (χ4v) is 2.05. The molecule has 0 saturated carbocycles. The van der Waals surface area contributed by atoms with Crippen LogP contribution in [0.25, 0.3) is 10.9 Å². The van der Waals surface area contributed by atoms with Crippen molar-refractivity contribution in [3.8, 4) is 0 Å². The third-order valence-electron chi connectivity index (χ3n) is 3.12. The van der Waals surface area contributed by atoms with E-state index in [0.29, 0.717) is 6.54 Å². The van der Waals surface area contributed by atoms with Crippen molar-refractivity contribution >= 4 is 16.8 Å². The number of nitrogens with one attached hydrogen (secondary N) is 1. The van der Waals surface area contributed by atoms with Crippen molar-refractivity contribution in [3.63, 3.8) is 0 Å². The molecule has 3 aromatic rings.